The van der Waals surface area contributed by atoms with E-state index in [1.165, 1.54) is 10.3 Å². The smallest absolute Gasteiger partial charge is 0.161 e. The number of ether oxygens (including phenoxy) is 2. The zero-order valence-electron chi connectivity index (χ0n) is 14.0. The van der Waals surface area contributed by atoms with Gasteiger partial charge in [0.25, 0.3) is 0 Å². The van der Waals surface area contributed by atoms with E-state index in [0.29, 0.717) is 13.2 Å². The van der Waals surface area contributed by atoms with Gasteiger partial charge < -0.3 is 15.2 Å². The van der Waals surface area contributed by atoms with Crippen molar-refractivity contribution in [3.05, 3.63) is 53.0 Å². The largest absolute Gasteiger partial charge is 0.493 e. The van der Waals surface area contributed by atoms with E-state index in [2.05, 4.69) is 12.1 Å². The number of methoxy groups -OCH3 is 1. The molecule has 24 heavy (non-hydrogen) atoms. The molecule has 1 unspecified atom stereocenters. The second-order valence-corrected chi connectivity index (χ2v) is 6.64. The van der Waals surface area contributed by atoms with Gasteiger partial charge in [-0.2, -0.15) is 0 Å². The van der Waals surface area contributed by atoms with Crippen molar-refractivity contribution < 1.29 is 9.47 Å². The summed E-state index contributed by atoms with van der Waals surface area (Å²) < 4.78 is 12.2. The van der Waals surface area contributed by atoms with E-state index in [4.69, 9.17) is 20.2 Å². The predicted octanol–water partition coefficient (Wildman–Crippen LogP) is 3.99. The Labute approximate surface area is 146 Å². The van der Waals surface area contributed by atoms with Crippen LogP contribution in [-0.4, -0.2) is 25.2 Å². The molecule has 5 heteroatoms. The minimum absolute atomic E-state index is 0.199. The van der Waals surface area contributed by atoms with Gasteiger partial charge in [0.2, 0.25) is 0 Å². The third-order valence-electron chi connectivity index (χ3n) is 3.95. The highest BCUT2D eigenvalue weighted by Crippen LogP contribution is 2.32. The van der Waals surface area contributed by atoms with Crippen LogP contribution in [0.25, 0.3) is 10.2 Å². The zero-order valence-corrected chi connectivity index (χ0v) is 14.8. The Morgan fingerprint density at radius 1 is 1.17 bits per heavy atom. The van der Waals surface area contributed by atoms with Crippen LogP contribution in [0.15, 0.2) is 42.5 Å². The van der Waals surface area contributed by atoms with Gasteiger partial charge in [-0.1, -0.05) is 18.2 Å². The quantitative estimate of drug-likeness (QED) is 0.705. The van der Waals surface area contributed by atoms with Crippen LogP contribution in [0, 0.1) is 0 Å². The Balaban J connectivity index is 1.84. The first kappa shape index (κ1) is 16.7. The highest BCUT2D eigenvalue weighted by atomic mass is 32.1. The van der Waals surface area contributed by atoms with Gasteiger partial charge in [-0.15, -0.1) is 11.3 Å². The summed E-state index contributed by atoms with van der Waals surface area (Å²) in [4.78, 5) is 4.75. The van der Waals surface area contributed by atoms with Crippen molar-refractivity contribution in [1.29, 1.82) is 0 Å². The lowest BCUT2D eigenvalue weighted by Gasteiger charge is -2.14. The molecule has 0 radical (unpaired) electrons. The van der Waals surface area contributed by atoms with Gasteiger partial charge in [0.1, 0.15) is 0 Å². The van der Waals surface area contributed by atoms with Crippen molar-refractivity contribution in [1.82, 2.24) is 4.98 Å². The summed E-state index contributed by atoms with van der Waals surface area (Å²) in [6, 6.07) is 14.3. The van der Waals surface area contributed by atoms with Crippen molar-refractivity contribution in [2.45, 2.75) is 19.3 Å². The summed E-state index contributed by atoms with van der Waals surface area (Å²) in [5.74, 6) is 1.73. The number of rotatable bonds is 7. The second-order valence-electron chi connectivity index (χ2n) is 5.57. The molecule has 2 aromatic carbocycles. The summed E-state index contributed by atoms with van der Waals surface area (Å²) in [5.41, 5.74) is 8.25. The van der Waals surface area contributed by atoms with Crippen LogP contribution in [-0.2, 0) is 6.42 Å². The molecule has 1 atom stereocenters. The Hall–Kier alpha value is -2.11. The number of aromatic nitrogens is 1. The van der Waals surface area contributed by atoms with E-state index >= 15 is 0 Å². The fraction of sp³-hybridized carbons (Fsp3) is 0.316. The lowest BCUT2D eigenvalue weighted by molar-refractivity contribution is 0.310. The molecule has 0 aliphatic rings. The highest BCUT2D eigenvalue weighted by molar-refractivity contribution is 7.18. The van der Waals surface area contributed by atoms with Crippen LogP contribution in [0.2, 0.25) is 0 Å². The maximum Gasteiger partial charge on any atom is 0.161 e. The van der Waals surface area contributed by atoms with Gasteiger partial charge in [0, 0.05) is 12.5 Å². The summed E-state index contributed by atoms with van der Waals surface area (Å²) in [5, 5.41) is 1.09. The van der Waals surface area contributed by atoms with E-state index in [9.17, 15) is 0 Å². The molecule has 3 rings (SSSR count). The fourth-order valence-corrected chi connectivity index (χ4v) is 3.81. The maximum absolute atomic E-state index is 6.03. The standard InChI is InChI=1S/C19H22N2O2S/c1-3-23-16-9-8-13(11-17(16)22-2)10-14(12-20)19-21-15-6-4-5-7-18(15)24-19/h4-9,11,14H,3,10,12,20H2,1-2H3. The van der Waals surface area contributed by atoms with Gasteiger partial charge in [0.05, 0.1) is 28.9 Å². The monoisotopic (exact) mass is 342 g/mol. The topological polar surface area (TPSA) is 57.4 Å². The molecule has 0 spiro atoms. The molecule has 0 aliphatic heterocycles. The first-order valence-electron chi connectivity index (χ1n) is 8.10. The number of benzene rings is 2. The van der Waals surface area contributed by atoms with E-state index in [0.717, 1.165) is 28.4 Å². The fourth-order valence-electron chi connectivity index (χ4n) is 2.73. The Morgan fingerprint density at radius 2 is 2.00 bits per heavy atom. The van der Waals surface area contributed by atoms with Gasteiger partial charge in [-0.3, -0.25) is 0 Å². The summed E-state index contributed by atoms with van der Waals surface area (Å²) in [7, 11) is 1.66. The number of hydrogen-bond donors (Lipinski definition) is 1. The zero-order chi connectivity index (χ0) is 16.9. The second kappa shape index (κ2) is 7.64. The van der Waals surface area contributed by atoms with Crippen molar-refractivity contribution in [2.75, 3.05) is 20.3 Å². The van der Waals surface area contributed by atoms with Gasteiger partial charge in [0.15, 0.2) is 11.5 Å². The average Bonchev–Trinajstić information content (AvgIpc) is 3.04. The number of nitrogens with zero attached hydrogens (tertiary/aromatic N) is 1. The van der Waals surface area contributed by atoms with Crippen molar-refractivity contribution in [3.63, 3.8) is 0 Å². The van der Waals surface area contributed by atoms with Gasteiger partial charge in [-0.05, 0) is 43.2 Å². The Kier molecular flexibility index (Phi) is 5.33. The van der Waals surface area contributed by atoms with E-state index in [1.807, 2.05) is 37.3 Å². The molecule has 1 aromatic heterocycles. The number of thiazole rings is 1. The Morgan fingerprint density at radius 3 is 2.71 bits per heavy atom. The molecule has 0 saturated carbocycles. The summed E-state index contributed by atoms with van der Waals surface area (Å²) in [6.07, 6.45) is 0.832. The predicted molar refractivity (Wildman–Crippen MR) is 99.3 cm³/mol. The van der Waals surface area contributed by atoms with E-state index < -0.39 is 0 Å². The van der Waals surface area contributed by atoms with Crippen LogP contribution >= 0.6 is 11.3 Å². The third kappa shape index (κ3) is 3.52. The van der Waals surface area contributed by atoms with Gasteiger partial charge >= 0.3 is 0 Å². The lowest BCUT2D eigenvalue weighted by atomic mass is 9.99. The highest BCUT2D eigenvalue weighted by Gasteiger charge is 2.17. The van der Waals surface area contributed by atoms with Crippen molar-refractivity contribution >= 4 is 21.6 Å². The van der Waals surface area contributed by atoms with Gasteiger partial charge in [-0.25, -0.2) is 4.98 Å². The molecular weight excluding hydrogens is 320 g/mol. The van der Waals surface area contributed by atoms with Crippen molar-refractivity contribution in [2.24, 2.45) is 5.73 Å². The Bertz CT molecular complexity index is 783. The van der Waals surface area contributed by atoms with Crippen LogP contribution in [0.1, 0.15) is 23.4 Å². The normalized spacial score (nSPS) is 12.3. The van der Waals surface area contributed by atoms with E-state index in [1.54, 1.807) is 18.4 Å². The summed E-state index contributed by atoms with van der Waals surface area (Å²) >= 11 is 1.72. The van der Waals surface area contributed by atoms with Crippen LogP contribution in [0.5, 0.6) is 11.5 Å². The molecule has 0 bridgehead atoms. The molecule has 2 N–H and O–H groups in total. The molecule has 3 aromatic rings. The molecule has 0 aliphatic carbocycles. The van der Waals surface area contributed by atoms with Crippen molar-refractivity contribution in [3.8, 4) is 11.5 Å². The minimum atomic E-state index is 0.199. The SMILES string of the molecule is CCOc1ccc(CC(CN)c2nc3ccccc3s2)cc1OC. The van der Waals surface area contributed by atoms with Crippen LogP contribution in [0.3, 0.4) is 0 Å². The first-order valence-corrected chi connectivity index (χ1v) is 8.92. The number of fused-ring (bicyclic) bond motifs is 1. The number of para-hydroxylation sites is 1. The average molecular weight is 342 g/mol. The molecular formula is C19H22N2O2S. The third-order valence-corrected chi connectivity index (χ3v) is 5.15. The molecule has 4 nitrogen and oxygen atoms in total. The number of hydrogen-bond acceptors (Lipinski definition) is 5. The minimum Gasteiger partial charge on any atom is -0.493 e. The molecule has 0 amide bonds. The number of nitrogens with two attached hydrogens (primary N) is 1. The summed E-state index contributed by atoms with van der Waals surface area (Å²) in [6.45, 7) is 3.15. The maximum atomic E-state index is 6.03. The molecule has 126 valence electrons. The lowest BCUT2D eigenvalue weighted by Crippen LogP contribution is -2.15. The first-order chi connectivity index (χ1) is 11.7. The molecule has 1 heterocycles. The van der Waals surface area contributed by atoms with Crippen LogP contribution in [0.4, 0.5) is 0 Å². The van der Waals surface area contributed by atoms with Crippen LogP contribution < -0.4 is 15.2 Å². The molecule has 0 fully saturated rings. The van der Waals surface area contributed by atoms with E-state index in [-0.39, 0.29) is 5.92 Å². The molecule has 0 saturated heterocycles.